The molecule has 1 aliphatic heterocycles. The van der Waals surface area contributed by atoms with Crippen molar-refractivity contribution < 1.29 is 14.7 Å². The molecule has 2 atom stereocenters. The van der Waals surface area contributed by atoms with Gasteiger partial charge < -0.3 is 10.4 Å². The average molecular weight is 391 g/mol. The highest BCUT2D eigenvalue weighted by atomic mass is 79.9. The Balaban J connectivity index is 2.03. The van der Waals surface area contributed by atoms with Crippen LogP contribution < -0.4 is 10.7 Å². The van der Waals surface area contributed by atoms with Gasteiger partial charge in [-0.1, -0.05) is 6.92 Å². The highest BCUT2D eigenvalue weighted by molar-refractivity contribution is 9.10. The van der Waals surface area contributed by atoms with E-state index in [-0.39, 0.29) is 5.91 Å². The molecule has 9 heteroatoms. The van der Waals surface area contributed by atoms with Crippen LogP contribution in [0.25, 0.3) is 0 Å². The Morgan fingerprint density at radius 3 is 3.05 bits per heavy atom. The van der Waals surface area contributed by atoms with E-state index in [1.165, 1.54) is 16.3 Å². The largest absolute Gasteiger partial charge is 0.480 e. The highest BCUT2D eigenvalue weighted by Crippen LogP contribution is 2.17. The molecule has 0 aliphatic carbocycles. The van der Waals surface area contributed by atoms with Gasteiger partial charge in [0, 0.05) is 18.3 Å². The van der Waals surface area contributed by atoms with Crippen molar-refractivity contribution in [2.75, 3.05) is 13.1 Å². The first-order chi connectivity index (χ1) is 10.5. The Morgan fingerprint density at radius 2 is 2.45 bits per heavy atom. The third-order valence-electron chi connectivity index (χ3n) is 3.40. The van der Waals surface area contributed by atoms with E-state index in [1.54, 1.807) is 0 Å². The third-order valence-corrected chi connectivity index (χ3v) is 4.98. The minimum Gasteiger partial charge on any atom is -0.480 e. The predicted octanol–water partition coefficient (Wildman–Crippen LogP) is 1.01. The number of aliphatic carboxylic acids is 1. The van der Waals surface area contributed by atoms with Crippen LogP contribution in [0, 0.1) is 0 Å². The highest BCUT2D eigenvalue weighted by Gasteiger charge is 2.31. The fourth-order valence-electron chi connectivity index (χ4n) is 2.36. The number of carboxylic acids is 1. The van der Waals surface area contributed by atoms with Crippen LogP contribution in [0.1, 0.15) is 24.8 Å². The summed E-state index contributed by atoms with van der Waals surface area (Å²) >= 11 is 4.79. The number of hydrogen-bond acceptors (Lipinski definition) is 6. The van der Waals surface area contributed by atoms with E-state index in [0.717, 1.165) is 9.61 Å². The summed E-state index contributed by atoms with van der Waals surface area (Å²) in [5, 5.41) is 16.4. The maximum Gasteiger partial charge on any atom is 0.322 e. The number of amides is 1. The summed E-state index contributed by atoms with van der Waals surface area (Å²) < 4.78 is 0.761. The minimum atomic E-state index is -0.929. The second-order valence-electron chi connectivity index (χ2n) is 5.03. The van der Waals surface area contributed by atoms with Crippen LogP contribution in [0.5, 0.6) is 0 Å². The fourth-order valence-corrected chi connectivity index (χ4v) is 3.67. The van der Waals surface area contributed by atoms with E-state index in [2.05, 4.69) is 31.7 Å². The van der Waals surface area contributed by atoms with Crippen molar-refractivity contribution in [3.8, 4) is 0 Å². The topological polar surface area (TPSA) is 94.6 Å². The summed E-state index contributed by atoms with van der Waals surface area (Å²) in [7, 11) is 0. The fraction of sp³-hybridized carbons (Fsp3) is 0.615. The Hall–Kier alpha value is -1.03. The number of nitrogens with zero attached hydrogens (tertiary/aromatic N) is 2. The molecule has 1 amide bonds. The zero-order chi connectivity index (χ0) is 16.1. The average Bonchev–Trinajstić information content (AvgIpc) is 2.91. The molecular formula is C13H19BrN4O3S. The first-order valence-electron chi connectivity index (χ1n) is 7.15. The van der Waals surface area contributed by atoms with E-state index < -0.39 is 18.1 Å². The van der Waals surface area contributed by atoms with Crippen molar-refractivity contribution in [3.63, 3.8) is 0 Å². The van der Waals surface area contributed by atoms with Gasteiger partial charge in [-0.15, -0.1) is 11.3 Å². The van der Waals surface area contributed by atoms with Gasteiger partial charge in [0.05, 0.1) is 11.0 Å². The van der Waals surface area contributed by atoms with Gasteiger partial charge in [-0.3, -0.25) is 14.6 Å². The molecule has 0 bridgehead atoms. The first-order valence-corrected chi connectivity index (χ1v) is 8.82. The molecule has 0 aromatic carbocycles. The molecule has 1 aromatic rings. The van der Waals surface area contributed by atoms with Crippen LogP contribution in [0.4, 0.5) is 0 Å². The Morgan fingerprint density at radius 1 is 1.68 bits per heavy atom. The normalized spacial score (nSPS) is 19.9. The molecule has 122 valence electrons. The van der Waals surface area contributed by atoms with Crippen LogP contribution in [0.2, 0.25) is 0 Å². The zero-order valence-corrected chi connectivity index (χ0v) is 14.6. The molecule has 22 heavy (non-hydrogen) atoms. The van der Waals surface area contributed by atoms with E-state index in [9.17, 15) is 9.59 Å². The maximum absolute atomic E-state index is 12.6. The number of aromatic nitrogens is 1. The number of carbonyl (C=O) groups excluding carboxylic acids is 1. The van der Waals surface area contributed by atoms with Crippen molar-refractivity contribution in [2.45, 2.75) is 38.3 Å². The van der Waals surface area contributed by atoms with E-state index in [4.69, 9.17) is 5.11 Å². The number of hydrogen-bond donors (Lipinski definition) is 3. The number of likely N-dealkylation sites (N-methyl/N-ethyl adjacent to an activating group) is 1. The van der Waals surface area contributed by atoms with Crippen molar-refractivity contribution in [1.29, 1.82) is 0 Å². The molecule has 1 fully saturated rings. The summed E-state index contributed by atoms with van der Waals surface area (Å²) in [6.07, 6.45) is 1.70. The number of carbonyl (C=O) groups is 2. The molecule has 1 saturated heterocycles. The number of thiazole rings is 1. The Labute approximate surface area is 141 Å². The number of rotatable bonds is 6. The smallest absolute Gasteiger partial charge is 0.322 e. The molecule has 0 radical (unpaired) electrons. The summed E-state index contributed by atoms with van der Waals surface area (Å²) in [4.78, 5) is 28.0. The lowest BCUT2D eigenvalue weighted by Crippen LogP contribution is -2.59. The van der Waals surface area contributed by atoms with Crippen LogP contribution in [-0.4, -0.2) is 52.1 Å². The molecule has 2 heterocycles. The molecule has 0 saturated carbocycles. The van der Waals surface area contributed by atoms with Crippen LogP contribution >= 0.6 is 27.3 Å². The van der Waals surface area contributed by atoms with Gasteiger partial charge in [0.15, 0.2) is 0 Å². The molecule has 2 unspecified atom stereocenters. The van der Waals surface area contributed by atoms with Gasteiger partial charge in [0.2, 0.25) is 0 Å². The monoisotopic (exact) mass is 390 g/mol. The van der Waals surface area contributed by atoms with E-state index >= 15 is 0 Å². The molecule has 7 nitrogen and oxygen atoms in total. The Bertz CT molecular complexity index is 539. The van der Waals surface area contributed by atoms with E-state index in [1.807, 2.05) is 12.3 Å². The number of halogens is 1. The van der Waals surface area contributed by atoms with Gasteiger partial charge >= 0.3 is 5.97 Å². The molecule has 1 aliphatic rings. The molecule has 1 aromatic heterocycles. The van der Waals surface area contributed by atoms with Gasteiger partial charge in [0.1, 0.15) is 10.6 Å². The predicted molar refractivity (Wildman–Crippen MR) is 86.5 cm³/mol. The number of hydrazine groups is 1. The minimum absolute atomic E-state index is 0.140. The third kappa shape index (κ3) is 4.48. The second-order valence-corrected chi connectivity index (χ2v) is 6.79. The number of nitrogens with one attached hydrogen (secondary N) is 2. The summed E-state index contributed by atoms with van der Waals surface area (Å²) in [6, 6.07) is -1.11. The summed E-state index contributed by atoms with van der Waals surface area (Å²) in [5.41, 5.74) is 2.80. The molecular weight excluding hydrogens is 372 g/mol. The standard InChI is InChI=1S/C13H19BrN4O3S/c1-2-15-9(6-11-16-10(14)7-22-11)12(19)18-5-3-4-8(17-18)13(20)21/h7-9,15,17H,2-6H2,1H3,(H,20,21). The second kappa shape index (κ2) is 8.00. The quantitative estimate of drug-likeness (QED) is 0.670. The van der Waals surface area contributed by atoms with Gasteiger partial charge in [-0.2, -0.15) is 0 Å². The molecule has 3 N–H and O–H groups in total. The maximum atomic E-state index is 12.6. The van der Waals surface area contributed by atoms with Crippen molar-refractivity contribution in [3.05, 3.63) is 15.0 Å². The van der Waals surface area contributed by atoms with Crippen molar-refractivity contribution in [1.82, 2.24) is 20.7 Å². The lowest BCUT2D eigenvalue weighted by atomic mass is 10.1. The lowest BCUT2D eigenvalue weighted by molar-refractivity contribution is -0.147. The molecule has 2 rings (SSSR count). The number of carboxylic acid groups (broad SMARTS) is 1. The summed E-state index contributed by atoms with van der Waals surface area (Å²) in [5.74, 6) is -1.07. The van der Waals surface area contributed by atoms with Crippen molar-refractivity contribution in [2.24, 2.45) is 0 Å². The lowest BCUT2D eigenvalue weighted by Gasteiger charge is -2.34. The Kier molecular flexibility index (Phi) is 6.30. The van der Waals surface area contributed by atoms with Gasteiger partial charge in [-0.05, 0) is 35.3 Å². The van der Waals surface area contributed by atoms with Crippen LogP contribution in [0.15, 0.2) is 9.98 Å². The molecule has 0 spiro atoms. The van der Waals surface area contributed by atoms with Crippen molar-refractivity contribution >= 4 is 39.1 Å². The van der Waals surface area contributed by atoms with Gasteiger partial charge in [0.25, 0.3) is 5.91 Å². The van der Waals surface area contributed by atoms with Gasteiger partial charge in [-0.25, -0.2) is 10.4 Å². The zero-order valence-electron chi connectivity index (χ0n) is 12.2. The summed E-state index contributed by atoms with van der Waals surface area (Å²) in [6.45, 7) is 3.10. The first kappa shape index (κ1) is 17.3. The van der Waals surface area contributed by atoms with Crippen LogP contribution in [0.3, 0.4) is 0 Å². The van der Waals surface area contributed by atoms with Crippen LogP contribution in [-0.2, 0) is 16.0 Å². The van der Waals surface area contributed by atoms with E-state index in [0.29, 0.717) is 32.4 Å². The SMILES string of the molecule is CCNC(Cc1nc(Br)cs1)C(=O)N1CCCC(C(=O)O)N1.